The second-order valence-corrected chi connectivity index (χ2v) is 23.0. The highest BCUT2D eigenvalue weighted by Gasteiger charge is 2.19. The first-order valence-electron chi connectivity index (χ1n) is 35.0. The fraction of sp³-hybridized carbons (Fsp3) is 0.701. The molecule has 0 aromatic carbocycles. The van der Waals surface area contributed by atoms with E-state index >= 15 is 0 Å². The first-order valence-corrected chi connectivity index (χ1v) is 35.0. The van der Waals surface area contributed by atoms with Gasteiger partial charge < -0.3 is 14.2 Å². The van der Waals surface area contributed by atoms with Crippen molar-refractivity contribution in [3.05, 3.63) is 122 Å². The third-order valence-electron chi connectivity index (χ3n) is 14.9. The van der Waals surface area contributed by atoms with Crippen molar-refractivity contribution in [2.24, 2.45) is 0 Å². The van der Waals surface area contributed by atoms with Crippen LogP contribution in [0.5, 0.6) is 0 Å². The van der Waals surface area contributed by atoms with Crippen LogP contribution in [0.2, 0.25) is 0 Å². The summed E-state index contributed by atoms with van der Waals surface area (Å²) in [5.41, 5.74) is 0. The molecule has 0 saturated carbocycles. The molecule has 1 atom stereocenters. The van der Waals surface area contributed by atoms with Crippen molar-refractivity contribution in [3.8, 4) is 0 Å². The van der Waals surface area contributed by atoms with E-state index in [0.717, 1.165) is 116 Å². The van der Waals surface area contributed by atoms with Gasteiger partial charge in [0.2, 0.25) is 0 Å². The fourth-order valence-electron chi connectivity index (χ4n) is 9.75. The molecule has 0 fully saturated rings. The van der Waals surface area contributed by atoms with Crippen LogP contribution in [0.4, 0.5) is 0 Å². The van der Waals surface area contributed by atoms with Gasteiger partial charge in [0.25, 0.3) is 0 Å². The second-order valence-electron chi connectivity index (χ2n) is 23.0. The average molecular weight is 1150 g/mol. The summed E-state index contributed by atoms with van der Waals surface area (Å²) in [6.07, 6.45) is 98.0. The topological polar surface area (TPSA) is 78.9 Å². The Balaban J connectivity index is 4.33. The van der Waals surface area contributed by atoms with Crippen molar-refractivity contribution in [1.29, 1.82) is 0 Å². The zero-order valence-electron chi connectivity index (χ0n) is 54.4. The van der Waals surface area contributed by atoms with Gasteiger partial charge in [-0.25, -0.2) is 0 Å². The minimum atomic E-state index is -0.801. The summed E-state index contributed by atoms with van der Waals surface area (Å²) >= 11 is 0. The lowest BCUT2D eigenvalue weighted by atomic mass is 10.0. The molecule has 6 nitrogen and oxygen atoms in total. The van der Waals surface area contributed by atoms with Crippen LogP contribution in [-0.4, -0.2) is 37.2 Å². The van der Waals surface area contributed by atoms with Crippen LogP contribution in [-0.2, 0) is 28.6 Å². The smallest absolute Gasteiger partial charge is 0.306 e. The second kappa shape index (κ2) is 70.3. The maximum atomic E-state index is 13.0. The van der Waals surface area contributed by atoms with E-state index in [2.05, 4.69) is 142 Å². The molecule has 0 amide bonds. The Bertz CT molecular complexity index is 1700. The van der Waals surface area contributed by atoms with E-state index in [1.54, 1.807) is 0 Å². The van der Waals surface area contributed by atoms with Crippen molar-refractivity contribution in [3.63, 3.8) is 0 Å². The van der Waals surface area contributed by atoms with Crippen LogP contribution in [0.3, 0.4) is 0 Å². The minimum absolute atomic E-state index is 0.0929. The number of ether oxygens (including phenoxy) is 3. The lowest BCUT2D eigenvalue weighted by Gasteiger charge is -2.18. The van der Waals surface area contributed by atoms with Crippen LogP contribution < -0.4 is 0 Å². The maximum Gasteiger partial charge on any atom is 0.306 e. The molecule has 1 unspecified atom stereocenters. The quantitative estimate of drug-likeness (QED) is 0.0261. The molecule has 0 spiro atoms. The molecule has 0 bridgehead atoms. The van der Waals surface area contributed by atoms with Gasteiger partial charge in [0.1, 0.15) is 13.2 Å². The molecule has 0 rings (SSSR count). The number of unbranched alkanes of at least 4 members (excludes halogenated alkanes) is 32. The van der Waals surface area contributed by atoms with E-state index < -0.39 is 6.10 Å². The molecule has 83 heavy (non-hydrogen) atoms. The van der Waals surface area contributed by atoms with E-state index in [9.17, 15) is 14.4 Å². The van der Waals surface area contributed by atoms with Crippen LogP contribution in [0.1, 0.15) is 329 Å². The summed E-state index contributed by atoms with van der Waals surface area (Å²) in [6.45, 7) is 6.41. The number of hydrogen-bond acceptors (Lipinski definition) is 6. The van der Waals surface area contributed by atoms with Crippen LogP contribution >= 0.6 is 0 Å². The van der Waals surface area contributed by atoms with Crippen molar-refractivity contribution in [1.82, 2.24) is 0 Å². The first kappa shape index (κ1) is 78.8. The normalized spacial score (nSPS) is 12.9. The number of rotatable bonds is 63. The van der Waals surface area contributed by atoms with E-state index in [1.807, 2.05) is 0 Å². The summed E-state index contributed by atoms with van der Waals surface area (Å²) in [5.74, 6) is -0.928. The molecule has 6 heteroatoms. The fourth-order valence-corrected chi connectivity index (χ4v) is 9.75. The van der Waals surface area contributed by atoms with Gasteiger partial charge in [-0.1, -0.05) is 303 Å². The summed E-state index contributed by atoms with van der Waals surface area (Å²) in [4.78, 5) is 38.4. The van der Waals surface area contributed by atoms with Gasteiger partial charge in [0, 0.05) is 19.3 Å². The Morgan fingerprint density at radius 3 is 0.771 bits per heavy atom. The SMILES string of the molecule is CC/C=C\C/C=C\C/C=C\C/C=C\C/C=C\CCCCCCCCCCCCCCCC(=O)OCC(COC(=O)CCCC/C=C\C/C=C\C/C=C\C/C=C\CC)OC(=O)CCCCCCCCCCC/C=C\CCCCCCCCCC. The number of hydrogen-bond donors (Lipinski definition) is 0. The van der Waals surface area contributed by atoms with Crippen molar-refractivity contribution in [2.45, 2.75) is 335 Å². The molecule has 0 aliphatic rings. The monoisotopic (exact) mass is 1150 g/mol. The Kier molecular flexibility index (Phi) is 66.7. The molecule has 0 aliphatic carbocycles. The number of allylic oxidation sites excluding steroid dienone is 20. The molecule has 0 N–H and O–H groups in total. The predicted molar refractivity (Wildman–Crippen MR) is 362 cm³/mol. The van der Waals surface area contributed by atoms with Gasteiger partial charge in [0.05, 0.1) is 0 Å². The van der Waals surface area contributed by atoms with Crippen LogP contribution in [0.15, 0.2) is 122 Å². The van der Waals surface area contributed by atoms with Crippen molar-refractivity contribution >= 4 is 17.9 Å². The molecule has 0 radical (unpaired) electrons. The zero-order valence-corrected chi connectivity index (χ0v) is 54.4. The molecule has 0 aromatic heterocycles. The Labute approximate surface area is 513 Å². The number of esters is 3. The van der Waals surface area contributed by atoms with Gasteiger partial charge in [-0.2, -0.15) is 0 Å². The van der Waals surface area contributed by atoms with Crippen LogP contribution in [0, 0.1) is 0 Å². The molecule has 0 aromatic rings. The third kappa shape index (κ3) is 68.5. The number of carbonyl (C=O) groups excluding carboxylic acids is 3. The van der Waals surface area contributed by atoms with Gasteiger partial charge in [-0.3, -0.25) is 14.4 Å². The zero-order chi connectivity index (χ0) is 59.9. The summed E-state index contributed by atoms with van der Waals surface area (Å²) in [7, 11) is 0. The maximum absolute atomic E-state index is 13.0. The lowest BCUT2D eigenvalue weighted by molar-refractivity contribution is -0.167. The highest BCUT2D eigenvalue weighted by molar-refractivity contribution is 5.71. The average Bonchev–Trinajstić information content (AvgIpc) is 3.49. The standard InChI is InChI=1S/C77H130O6/c1-4-7-10-13-16-19-22-25-28-30-32-34-35-36-37-38-39-40-41-43-44-46-49-52-55-58-61-64-67-70-76(79)82-73-74(72-81-75(78)69-66-63-60-57-54-51-48-27-24-21-18-15-12-9-6-3)83-77(80)71-68-65-62-59-56-53-50-47-45-42-33-31-29-26-23-20-17-14-11-8-5-2/h7,9-10,12,16,18-19,21,25,27-28,31-34,36-37,48,54,57,74H,4-6,8,11,13-15,17,20,22-24,26,29-30,35,38-47,49-53,55-56,58-73H2,1-3H3/b10-7-,12-9-,19-16-,21-18-,28-25-,33-31-,34-32-,37-36-,48-27-,57-54-. The van der Waals surface area contributed by atoms with Crippen molar-refractivity contribution in [2.75, 3.05) is 13.2 Å². The molecule has 0 aliphatic heterocycles. The third-order valence-corrected chi connectivity index (χ3v) is 14.9. The minimum Gasteiger partial charge on any atom is -0.462 e. The summed E-state index contributed by atoms with van der Waals surface area (Å²) in [5, 5.41) is 0. The van der Waals surface area contributed by atoms with E-state index in [1.165, 1.54) is 173 Å². The Morgan fingerprint density at radius 2 is 0.470 bits per heavy atom. The van der Waals surface area contributed by atoms with Crippen molar-refractivity contribution < 1.29 is 28.6 Å². The Morgan fingerprint density at radius 1 is 0.253 bits per heavy atom. The lowest BCUT2D eigenvalue weighted by Crippen LogP contribution is -2.30. The Hall–Kier alpha value is -4.19. The van der Waals surface area contributed by atoms with Gasteiger partial charge >= 0.3 is 17.9 Å². The molecule has 0 saturated heterocycles. The molecule has 474 valence electrons. The van der Waals surface area contributed by atoms with Gasteiger partial charge in [-0.15, -0.1) is 0 Å². The summed E-state index contributed by atoms with van der Waals surface area (Å²) in [6, 6.07) is 0. The van der Waals surface area contributed by atoms with E-state index in [0.29, 0.717) is 19.3 Å². The summed E-state index contributed by atoms with van der Waals surface area (Å²) < 4.78 is 16.9. The largest absolute Gasteiger partial charge is 0.462 e. The highest BCUT2D eigenvalue weighted by Crippen LogP contribution is 2.17. The molecule has 0 heterocycles. The highest BCUT2D eigenvalue weighted by atomic mass is 16.6. The van der Waals surface area contributed by atoms with E-state index in [4.69, 9.17) is 14.2 Å². The van der Waals surface area contributed by atoms with Gasteiger partial charge in [0.15, 0.2) is 6.10 Å². The van der Waals surface area contributed by atoms with Gasteiger partial charge in [-0.05, 0) is 128 Å². The first-order chi connectivity index (χ1) is 41.0. The predicted octanol–water partition coefficient (Wildman–Crippen LogP) is 24.3. The molecular formula is C77H130O6. The molecular weight excluding hydrogens is 1020 g/mol. The number of carbonyl (C=O) groups is 3. The van der Waals surface area contributed by atoms with Crippen LogP contribution in [0.25, 0.3) is 0 Å². The van der Waals surface area contributed by atoms with E-state index in [-0.39, 0.29) is 31.1 Å².